The zero-order chi connectivity index (χ0) is 23.7. The van der Waals surface area contributed by atoms with Gasteiger partial charge in [-0.15, -0.1) is 0 Å². The lowest BCUT2D eigenvalue weighted by Gasteiger charge is -2.20. The van der Waals surface area contributed by atoms with E-state index in [0.717, 1.165) is 17.3 Å². The van der Waals surface area contributed by atoms with Crippen LogP contribution in [0.1, 0.15) is 49.5 Å². The first-order valence-electron chi connectivity index (χ1n) is 10.2. The van der Waals surface area contributed by atoms with Crippen LogP contribution in [0, 0.1) is 5.92 Å². The lowest BCUT2D eigenvalue weighted by atomic mass is 10.0. The molecule has 0 saturated heterocycles. The first-order valence-corrected chi connectivity index (χ1v) is 11.8. The second-order valence-corrected chi connectivity index (χ2v) is 9.20. The minimum Gasteiger partial charge on any atom is -0.493 e. The number of ether oxygens (including phenoxy) is 1. The van der Waals surface area contributed by atoms with E-state index in [9.17, 15) is 9.59 Å². The molecule has 0 heterocycles. The first-order chi connectivity index (χ1) is 15.2. The fourth-order valence-electron chi connectivity index (χ4n) is 2.74. The van der Waals surface area contributed by atoms with E-state index in [-0.39, 0.29) is 16.5 Å². The highest BCUT2D eigenvalue weighted by atomic mass is 79.9. The number of carbonyl (C=O) groups is 2. The maximum absolute atomic E-state index is 12.7. The molecule has 0 aliphatic rings. The van der Waals surface area contributed by atoms with Crippen LogP contribution in [0.3, 0.4) is 0 Å². The van der Waals surface area contributed by atoms with Gasteiger partial charge in [-0.3, -0.25) is 9.59 Å². The van der Waals surface area contributed by atoms with E-state index in [2.05, 4.69) is 38.7 Å². The standard InChI is InChI=1S/C23H26BrCl2N3O3/c1-4-5-10-32-20-9-6-16(24)11-15(20)13-27-29-23(31)21(14(2)3)28-22(30)18-8-7-17(25)12-19(18)26/h6-9,11-14,21H,4-5,10H2,1-3H3,(H,28,30)(H,29,31). The number of nitrogens with one attached hydrogen (secondary N) is 2. The highest BCUT2D eigenvalue weighted by molar-refractivity contribution is 9.10. The predicted molar refractivity (Wildman–Crippen MR) is 133 cm³/mol. The van der Waals surface area contributed by atoms with Gasteiger partial charge in [-0.05, 0) is 48.7 Å². The molecule has 2 rings (SSSR count). The van der Waals surface area contributed by atoms with E-state index in [0.29, 0.717) is 22.9 Å². The lowest BCUT2D eigenvalue weighted by Crippen LogP contribution is -2.48. The van der Waals surface area contributed by atoms with Crippen molar-refractivity contribution >= 4 is 57.2 Å². The number of hydrazone groups is 1. The quantitative estimate of drug-likeness (QED) is 0.225. The maximum atomic E-state index is 12.7. The van der Waals surface area contributed by atoms with E-state index < -0.39 is 17.9 Å². The summed E-state index contributed by atoms with van der Waals surface area (Å²) in [6, 6.07) is 9.32. The van der Waals surface area contributed by atoms with Crippen molar-refractivity contribution < 1.29 is 14.3 Å². The summed E-state index contributed by atoms with van der Waals surface area (Å²) < 4.78 is 6.65. The van der Waals surface area contributed by atoms with Gasteiger partial charge in [-0.2, -0.15) is 5.10 Å². The van der Waals surface area contributed by atoms with Crippen molar-refractivity contribution in [3.63, 3.8) is 0 Å². The molecule has 0 saturated carbocycles. The molecule has 0 fully saturated rings. The molecule has 2 aromatic rings. The first kappa shape index (κ1) is 26.2. The molecule has 2 N–H and O–H groups in total. The Bertz CT molecular complexity index is 983. The van der Waals surface area contributed by atoms with E-state index in [1.807, 2.05) is 32.0 Å². The van der Waals surface area contributed by atoms with Crippen LogP contribution in [0.15, 0.2) is 46.0 Å². The highest BCUT2D eigenvalue weighted by Gasteiger charge is 2.25. The summed E-state index contributed by atoms with van der Waals surface area (Å²) in [6.45, 7) is 6.34. The van der Waals surface area contributed by atoms with Gasteiger partial charge in [0.25, 0.3) is 11.8 Å². The molecule has 172 valence electrons. The Morgan fingerprint density at radius 3 is 2.59 bits per heavy atom. The van der Waals surface area contributed by atoms with Crippen molar-refractivity contribution in [3.05, 3.63) is 62.0 Å². The van der Waals surface area contributed by atoms with Crippen LogP contribution in [-0.2, 0) is 4.79 Å². The second kappa shape index (κ2) is 12.8. The summed E-state index contributed by atoms with van der Waals surface area (Å²) in [5.74, 6) is -0.425. The zero-order valence-electron chi connectivity index (χ0n) is 18.1. The number of benzene rings is 2. The molecule has 32 heavy (non-hydrogen) atoms. The lowest BCUT2D eigenvalue weighted by molar-refractivity contribution is -0.123. The molecule has 0 aliphatic carbocycles. The average Bonchev–Trinajstić information content (AvgIpc) is 2.73. The molecular weight excluding hydrogens is 517 g/mol. The molecule has 6 nitrogen and oxygen atoms in total. The van der Waals surface area contributed by atoms with Gasteiger partial charge in [-0.1, -0.05) is 66.3 Å². The number of halogens is 3. The summed E-state index contributed by atoms with van der Waals surface area (Å²) in [4.78, 5) is 25.3. The van der Waals surface area contributed by atoms with Gasteiger partial charge in [0.1, 0.15) is 11.8 Å². The van der Waals surface area contributed by atoms with Gasteiger partial charge in [0, 0.05) is 15.1 Å². The second-order valence-electron chi connectivity index (χ2n) is 7.44. The number of unbranched alkanes of at least 4 members (excludes halogenated alkanes) is 1. The fourth-order valence-corrected chi connectivity index (χ4v) is 3.61. The maximum Gasteiger partial charge on any atom is 0.262 e. The van der Waals surface area contributed by atoms with Crippen LogP contribution in [0.25, 0.3) is 0 Å². The minimum atomic E-state index is -0.811. The van der Waals surface area contributed by atoms with Crippen molar-refractivity contribution in [2.24, 2.45) is 11.0 Å². The molecule has 2 amide bonds. The Hall–Kier alpha value is -2.09. The van der Waals surface area contributed by atoms with Crippen LogP contribution in [0.5, 0.6) is 5.75 Å². The van der Waals surface area contributed by atoms with Gasteiger partial charge in [0.05, 0.1) is 23.4 Å². The molecule has 2 aromatic carbocycles. The van der Waals surface area contributed by atoms with Crippen LogP contribution in [0.2, 0.25) is 10.0 Å². The van der Waals surface area contributed by atoms with E-state index in [4.69, 9.17) is 27.9 Å². The van der Waals surface area contributed by atoms with Gasteiger partial charge < -0.3 is 10.1 Å². The normalized spacial score (nSPS) is 12.1. The summed E-state index contributed by atoms with van der Waals surface area (Å²) in [6.07, 6.45) is 3.48. The molecular formula is C23H26BrCl2N3O3. The number of amides is 2. The molecule has 1 unspecified atom stereocenters. The van der Waals surface area contributed by atoms with Gasteiger partial charge in [0.15, 0.2) is 0 Å². The molecule has 0 aliphatic heterocycles. The molecule has 1 atom stereocenters. The molecule has 0 radical (unpaired) electrons. The zero-order valence-corrected chi connectivity index (χ0v) is 21.2. The van der Waals surface area contributed by atoms with Crippen molar-refractivity contribution in [2.45, 2.75) is 39.7 Å². The Morgan fingerprint density at radius 2 is 1.94 bits per heavy atom. The number of hydrogen-bond acceptors (Lipinski definition) is 4. The highest BCUT2D eigenvalue weighted by Crippen LogP contribution is 2.23. The summed E-state index contributed by atoms with van der Waals surface area (Å²) in [7, 11) is 0. The third-order valence-corrected chi connectivity index (χ3v) is 5.56. The van der Waals surface area contributed by atoms with E-state index >= 15 is 0 Å². The van der Waals surface area contributed by atoms with Gasteiger partial charge in [0.2, 0.25) is 0 Å². The van der Waals surface area contributed by atoms with Crippen LogP contribution in [-0.4, -0.2) is 30.7 Å². The Kier molecular flexibility index (Phi) is 10.5. The fraction of sp³-hybridized carbons (Fsp3) is 0.348. The van der Waals surface area contributed by atoms with Crippen molar-refractivity contribution in [1.29, 1.82) is 0 Å². The predicted octanol–water partition coefficient (Wildman–Crippen LogP) is 5.84. The van der Waals surface area contributed by atoms with Gasteiger partial charge in [-0.25, -0.2) is 5.43 Å². The summed E-state index contributed by atoms with van der Waals surface area (Å²) in [5, 5.41) is 7.41. The Labute approximate surface area is 206 Å². The minimum absolute atomic E-state index is 0.181. The monoisotopic (exact) mass is 541 g/mol. The smallest absolute Gasteiger partial charge is 0.262 e. The summed E-state index contributed by atoms with van der Waals surface area (Å²) in [5.41, 5.74) is 3.45. The average molecular weight is 543 g/mol. The number of rotatable bonds is 10. The Balaban J connectivity index is 2.08. The molecule has 9 heteroatoms. The van der Waals surface area contributed by atoms with E-state index in [1.54, 1.807) is 6.07 Å². The molecule has 0 spiro atoms. The van der Waals surface area contributed by atoms with Crippen LogP contribution in [0.4, 0.5) is 0 Å². The SMILES string of the molecule is CCCCOc1ccc(Br)cc1C=NNC(=O)C(NC(=O)c1ccc(Cl)cc1Cl)C(C)C. The molecule has 0 bridgehead atoms. The van der Waals surface area contributed by atoms with Crippen LogP contribution >= 0.6 is 39.1 Å². The van der Waals surface area contributed by atoms with E-state index in [1.165, 1.54) is 18.3 Å². The Morgan fingerprint density at radius 1 is 1.19 bits per heavy atom. The number of carbonyl (C=O) groups excluding carboxylic acids is 2. The summed E-state index contributed by atoms with van der Waals surface area (Å²) >= 11 is 15.4. The topological polar surface area (TPSA) is 79.8 Å². The largest absolute Gasteiger partial charge is 0.493 e. The third kappa shape index (κ3) is 7.80. The van der Waals surface area contributed by atoms with Crippen molar-refractivity contribution in [3.8, 4) is 5.75 Å². The molecule has 0 aromatic heterocycles. The number of hydrogen-bond donors (Lipinski definition) is 2. The third-order valence-electron chi connectivity index (χ3n) is 4.52. The van der Waals surface area contributed by atoms with Crippen molar-refractivity contribution in [2.75, 3.05) is 6.61 Å². The number of nitrogens with zero attached hydrogens (tertiary/aromatic N) is 1. The van der Waals surface area contributed by atoms with Gasteiger partial charge >= 0.3 is 0 Å². The van der Waals surface area contributed by atoms with Crippen LogP contribution < -0.4 is 15.5 Å². The van der Waals surface area contributed by atoms with Crippen molar-refractivity contribution in [1.82, 2.24) is 10.7 Å².